The summed E-state index contributed by atoms with van der Waals surface area (Å²) in [4.78, 5) is 43.2. The lowest BCUT2D eigenvalue weighted by atomic mass is 9.33. The van der Waals surface area contributed by atoms with Gasteiger partial charge in [0.1, 0.15) is 12.2 Å². The Kier molecular flexibility index (Phi) is 8.08. The summed E-state index contributed by atoms with van der Waals surface area (Å²) in [7, 11) is 0. The Morgan fingerprint density at radius 2 is 1.54 bits per heavy atom. The van der Waals surface area contributed by atoms with Crippen LogP contribution in [0, 0.1) is 56.7 Å². The number of amides is 1. The molecule has 1 N–H and O–H groups in total. The van der Waals surface area contributed by atoms with Gasteiger partial charge in [0.15, 0.2) is 0 Å². The van der Waals surface area contributed by atoms with Crippen molar-refractivity contribution in [3.05, 3.63) is 36.2 Å². The fraction of sp³-hybridized carbons (Fsp3) is 0.744. The lowest BCUT2D eigenvalue weighted by Gasteiger charge is -2.71. The summed E-state index contributed by atoms with van der Waals surface area (Å²) in [5, 5.41) is 3.32. The Morgan fingerprint density at radius 1 is 0.870 bits per heavy atom. The van der Waals surface area contributed by atoms with Gasteiger partial charge >= 0.3 is 11.9 Å². The Labute approximate surface area is 276 Å². The summed E-state index contributed by atoms with van der Waals surface area (Å²) in [5.41, 5.74) is 1.42. The fourth-order valence-corrected chi connectivity index (χ4v) is 12.4. The molecule has 0 saturated heterocycles. The predicted molar refractivity (Wildman–Crippen MR) is 178 cm³/mol. The molecule has 0 spiro atoms. The number of esters is 2. The molecule has 0 bridgehead atoms. The zero-order valence-electron chi connectivity index (χ0n) is 29.6. The molecule has 1 heterocycles. The van der Waals surface area contributed by atoms with E-state index in [1.165, 1.54) is 19.4 Å². The van der Waals surface area contributed by atoms with Crippen LogP contribution in [0.1, 0.15) is 114 Å². The number of carbonyl (C=O) groups excluding carboxylic acids is 3. The van der Waals surface area contributed by atoms with Crippen molar-refractivity contribution in [3.63, 3.8) is 0 Å². The largest absolute Gasteiger partial charge is 0.459 e. The number of hydrogen-bond acceptors (Lipinski definition) is 6. The summed E-state index contributed by atoms with van der Waals surface area (Å²) in [6.45, 7) is 19.6. The van der Waals surface area contributed by atoms with Crippen molar-refractivity contribution < 1.29 is 23.9 Å². The molecule has 0 radical (unpaired) electrons. The number of pyridine rings is 1. The minimum Gasteiger partial charge on any atom is -0.459 e. The molecule has 0 aliphatic heterocycles. The molecule has 0 aromatic carbocycles. The Bertz CT molecular complexity index is 1420. The SMILES string of the molecule is CC(=O)O[C@H]1C[C@]2(C)[C@H]3CC=C4[C@@H]5[C@@H](C)[C@H](C)CC[C@]5(C(=O)Nc5ccncc5)CC[C@@]4(C)[C@]3(C)CC[C@H]2C(C)(C)[C@H]1OC(C)=O. The highest BCUT2D eigenvalue weighted by Crippen LogP contribution is 2.76. The number of nitrogens with one attached hydrogen (secondary N) is 1. The molecule has 0 unspecified atom stereocenters. The van der Waals surface area contributed by atoms with Crippen LogP contribution in [0.5, 0.6) is 0 Å². The molecule has 1 aromatic heterocycles. The second-order valence-corrected chi connectivity index (χ2v) is 17.2. The summed E-state index contributed by atoms with van der Waals surface area (Å²) >= 11 is 0. The molecular weight excluding hydrogens is 576 g/mol. The van der Waals surface area contributed by atoms with Gasteiger partial charge in [-0.3, -0.25) is 19.4 Å². The number of fused-ring (bicyclic) bond motifs is 7. The highest BCUT2D eigenvalue weighted by Gasteiger charge is 2.71. The molecule has 252 valence electrons. The number of aromatic nitrogens is 1. The highest BCUT2D eigenvalue weighted by atomic mass is 16.6. The first-order valence-corrected chi connectivity index (χ1v) is 17.8. The van der Waals surface area contributed by atoms with Crippen LogP contribution in [-0.2, 0) is 23.9 Å². The highest BCUT2D eigenvalue weighted by molar-refractivity contribution is 5.96. The van der Waals surface area contributed by atoms with Crippen LogP contribution >= 0.6 is 0 Å². The van der Waals surface area contributed by atoms with Crippen molar-refractivity contribution in [1.29, 1.82) is 0 Å². The molecule has 7 heteroatoms. The third kappa shape index (κ3) is 4.71. The lowest BCUT2D eigenvalue weighted by Crippen LogP contribution is -2.68. The topological polar surface area (TPSA) is 94.6 Å². The van der Waals surface area contributed by atoms with Gasteiger partial charge in [0.05, 0.1) is 5.41 Å². The third-order valence-electron chi connectivity index (χ3n) is 14.9. The van der Waals surface area contributed by atoms with E-state index in [-0.39, 0.29) is 45.4 Å². The fourth-order valence-electron chi connectivity index (χ4n) is 12.4. The van der Waals surface area contributed by atoms with Crippen molar-refractivity contribution in [3.8, 4) is 0 Å². The van der Waals surface area contributed by atoms with Crippen molar-refractivity contribution in [2.45, 2.75) is 126 Å². The Balaban J connectivity index is 1.41. The third-order valence-corrected chi connectivity index (χ3v) is 14.9. The Hall–Kier alpha value is -2.70. The van der Waals surface area contributed by atoms with Crippen LogP contribution in [0.3, 0.4) is 0 Å². The van der Waals surface area contributed by atoms with Gasteiger partial charge in [-0.2, -0.15) is 0 Å². The first kappa shape index (κ1) is 33.2. The summed E-state index contributed by atoms with van der Waals surface area (Å²) in [6.07, 6.45) is 12.7. The van der Waals surface area contributed by atoms with Gasteiger partial charge in [0.25, 0.3) is 0 Å². The molecule has 46 heavy (non-hydrogen) atoms. The van der Waals surface area contributed by atoms with Gasteiger partial charge < -0.3 is 14.8 Å². The van der Waals surface area contributed by atoms with Crippen molar-refractivity contribution in [1.82, 2.24) is 4.98 Å². The van der Waals surface area contributed by atoms with Gasteiger partial charge in [0, 0.05) is 37.3 Å². The molecule has 5 aliphatic carbocycles. The molecule has 11 atom stereocenters. The number of rotatable bonds is 4. The maximum absolute atomic E-state index is 14.4. The van der Waals surface area contributed by atoms with Crippen LogP contribution in [-0.4, -0.2) is 35.0 Å². The minimum atomic E-state index is -0.478. The molecular formula is C39H56N2O5. The number of anilines is 1. The van der Waals surface area contributed by atoms with Gasteiger partial charge in [-0.1, -0.05) is 60.1 Å². The average Bonchev–Trinajstić information content (AvgIpc) is 2.97. The van der Waals surface area contributed by atoms with Crippen molar-refractivity contribution in [2.24, 2.45) is 56.7 Å². The number of allylic oxidation sites excluding steroid dienone is 2. The molecule has 1 amide bonds. The van der Waals surface area contributed by atoms with E-state index in [9.17, 15) is 14.4 Å². The molecule has 5 aliphatic rings. The summed E-state index contributed by atoms with van der Waals surface area (Å²) in [6, 6.07) is 3.77. The second-order valence-electron chi connectivity index (χ2n) is 17.2. The van der Waals surface area contributed by atoms with E-state index in [1.807, 2.05) is 12.1 Å². The van der Waals surface area contributed by atoms with E-state index in [2.05, 4.69) is 64.8 Å². The van der Waals surface area contributed by atoms with Crippen LogP contribution in [0.2, 0.25) is 0 Å². The smallest absolute Gasteiger partial charge is 0.303 e. The van der Waals surface area contributed by atoms with Crippen molar-refractivity contribution >= 4 is 23.5 Å². The van der Waals surface area contributed by atoms with Gasteiger partial charge in [0.2, 0.25) is 5.91 Å². The van der Waals surface area contributed by atoms with Crippen LogP contribution in [0.4, 0.5) is 5.69 Å². The molecule has 4 fully saturated rings. The second kappa shape index (κ2) is 11.2. The van der Waals surface area contributed by atoms with E-state index in [4.69, 9.17) is 9.47 Å². The standard InChI is InChI=1S/C39H56N2O5/c1-23-12-17-39(34(44)41-27-14-20-40-21-15-27)19-18-37(8)28(32(39)24(23)2)10-11-31-36(7)22-29(45-25(3)42)33(46-26(4)43)35(5,6)30(36)13-16-38(31,37)9/h10,14-15,20-21,23-24,29-33H,11-13,16-19,22H2,1-9H3,(H,40,41,44)/t23-,24+,29+,30+,31-,32+,33+,36+,37-,38-,39+/m1/s1. The minimum absolute atomic E-state index is 0.0155. The van der Waals surface area contributed by atoms with Gasteiger partial charge in [-0.05, 0) is 109 Å². The average molecular weight is 633 g/mol. The predicted octanol–water partition coefficient (Wildman–Crippen LogP) is 8.15. The summed E-state index contributed by atoms with van der Waals surface area (Å²) < 4.78 is 12.0. The van der Waals surface area contributed by atoms with E-state index >= 15 is 0 Å². The zero-order valence-corrected chi connectivity index (χ0v) is 29.6. The monoisotopic (exact) mass is 632 g/mol. The number of carbonyl (C=O) groups is 3. The molecule has 4 saturated carbocycles. The van der Waals surface area contributed by atoms with E-state index < -0.39 is 17.6 Å². The maximum atomic E-state index is 14.4. The normalized spacial score (nSPS) is 44.2. The number of nitrogens with zero attached hydrogens (tertiary/aromatic N) is 1. The Morgan fingerprint density at radius 3 is 2.20 bits per heavy atom. The number of ether oxygens (including phenoxy) is 2. The van der Waals surface area contributed by atoms with E-state index in [1.54, 1.807) is 12.4 Å². The van der Waals surface area contributed by atoms with Gasteiger partial charge in [-0.15, -0.1) is 0 Å². The number of hydrogen-bond donors (Lipinski definition) is 1. The van der Waals surface area contributed by atoms with E-state index in [0.29, 0.717) is 30.1 Å². The maximum Gasteiger partial charge on any atom is 0.303 e. The van der Waals surface area contributed by atoms with Gasteiger partial charge in [-0.25, -0.2) is 0 Å². The van der Waals surface area contributed by atoms with E-state index in [0.717, 1.165) is 50.6 Å². The molecule has 1 aromatic rings. The zero-order chi connectivity index (χ0) is 33.4. The van der Waals surface area contributed by atoms with Crippen LogP contribution < -0.4 is 5.32 Å². The molecule has 7 nitrogen and oxygen atoms in total. The lowest BCUT2D eigenvalue weighted by molar-refractivity contribution is -0.244. The molecule has 6 rings (SSSR count). The summed E-state index contributed by atoms with van der Waals surface area (Å²) in [5.74, 6) is 1.36. The van der Waals surface area contributed by atoms with Crippen LogP contribution in [0.25, 0.3) is 0 Å². The quantitative estimate of drug-likeness (QED) is 0.266. The van der Waals surface area contributed by atoms with Crippen LogP contribution in [0.15, 0.2) is 36.2 Å². The first-order valence-electron chi connectivity index (χ1n) is 17.8. The first-order chi connectivity index (χ1) is 21.5. The van der Waals surface area contributed by atoms with Crippen molar-refractivity contribution in [2.75, 3.05) is 5.32 Å².